The Bertz CT molecular complexity index is 511. The molecule has 2 rings (SSSR count). The highest BCUT2D eigenvalue weighted by atomic mass is 35.5. The van der Waals surface area contributed by atoms with Crippen molar-refractivity contribution in [2.24, 2.45) is 11.7 Å². The third-order valence-electron chi connectivity index (χ3n) is 3.96. The Hall–Kier alpha value is -1.59. The lowest BCUT2D eigenvalue weighted by atomic mass is 9.96. The molecule has 1 aliphatic rings. The highest BCUT2D eigenvalue weighted by Gasteiger charge is 2.25. The predicted octanol–water partition coefficient (Wildman–Crippen LogP) is 1.20. The monoisotopic (exact) mass is 323 g/mol. The van der Waals surface area contributed by atoms with Crippen molar-refractivity contribution in [2.45, 2.75) is 19.3 Å². The molecule has 0 spiro atoms. The van der Waals surface area contributed by atoms with E-state index in [1.807, 2.05) is 29.2 Å². The molecule has 0 aromatic heterocycles. The number of primary amides is 1. The second-order valence-corrected chi connectivity index (χ2v) is 6.12. The SMILES string of the molecule is NC(=O)CN1CCC(C(=O)NCCc2ccc(Cl)cc2)CC1. The van der Waals surface area contributed by atoms with Crippen LogP contribution >= 0.6 is 11.6 Å². The van der Waals surface area contributed by atoms with E-state index in [1.54, 1.807) is 0 Å². The minimum Gasteiger partial charge on any atom is -0.369 e. The van der Waals surface area contributed by atoms with Gasteiger partial charge in [-0.05, 0) is 50.0 Å². The summed E-state index contributed by atoms with van der Waals surface area (Å²) >= 11 is 5.84. The molecule has 0 atom stereocenters. The number of carbonyl (C=O) groups is 2. The average molecular weight is 324 g/mol. The maximum atomic E-state index is 12.1. The van der Waals surface area contributed by atoms with Crippen molar-refractivity contribution in [1.82, 2.24) is 10.2 Å². The molecule has 1 aromatic carbocycles. The van der Waals surface area contributed by atoms with Crippen LogP contribution in [0, 0.1) is 5.92 Å². The number of nitrogens with two attached hydrogens (primary N) is 1. The summed E-state index contributed by atoms with van der Waals surface area (Å²) in [6.07, 6.45) is 2.35. The van der Waals surface area contributed by atoms with E-state index in [0.717, 1.165) is 42.9 Å². The van der Waals surface area contributed by atoms with Gasteiger partial charge in [0.2, 0.25) is 11.8 Å². The number of nitrogens with one attached hydrogen (secondary N) is 1. The second-order valence-electron chi connectivity index (χ2n) is 5.68. The fourth-order valence-corrected chi connectivity index (χ4v) is 2.83. The summed E-state index contributed by atoms with van der Waals surface area (Å²) in [5.74, 6) is -0.173. The lowest BCUT2D eigenvalue weighted by Crippen LogP contribution is -2.43. The van der Waals surface area contributed by atoms with Crippen LogP contribution < -0.4 is 11.1 Å². The summed E-state index contributed by atoms with van der Waals surface area (Å²) < 4.78 is 0. The van der Waals surface area contributed by atoms with Gasteiger partial charge in [-0.1, -0.05) is 23.7 Å². The summed E-state index contributed by atoms with van der Waals surface area (Å²) in [7, 11) is 0. The van der Waals surface area contributed by atoms with Gasteiger partial charge in [0.15, 0.2) is 0 Å². The van der Waals surface area contributed by atoms with E-state index in [0.29, 0.717) is 6.54 Å². The highest BCUT2D eigenvalue weighted by molar-refractivity contribution is 6.30. The van der Waals surface area contributed by atoms with Crippen molar-refractivity contribution in [2.75, 3.05) is 26.2 Å². The van der Waals surface area contributed by atoms with Gasteiger partial charge in [0.25, 0.3) is 0 Å². The first-order valence-corrected chi connectivity index (χ1v) is 7.95. The van der Waals surface area contributed by atoms with E-state index in [-0.39, 0.29) is 24.3 Å². The number of hydrogen-bond acceptors (Lipinski definition) is 3. The van der Waals surface area contributed by atoms with E-state index >= 15 is 0 Å². The Morgan fingerprint density at radius 1 is 1.23 bits per heavy atom. The number of nitrogens with zero attached hydrogens (tertiary/aromatic N) is 1. The van der Waals surface area contributed by atoms with Crippen LogP contribution in [0.25, 0.3) is 0 Å². The summed E-state index contributed by atoms with van der Waals surface area (Å²) in [4.78, 5) is 25.0. The highest BCUT2D eigenvalue weighted by Crippen LogP contribution is 2.17. The molecule has 0 aliphatic carbocycles. The zero-order valence-corrected chi connectivity index (χ0v) is 13.3. The smallest absolute Gasteiger partial charge is 0.231 e. The van der Waals surface area contributed by atoms with E-state index in [1.165, 1.54) is 0 Å². The molecule has 2 amide bonds. The minimum absolute atomic E-state index is 0.0364. The van der Waals surface area contributed by atoms with Gasteiger partial charge >= 0.3 is 0 Å². The largest absolute Gasteiger partial charge is 0.369 e. The first-order chi connectivity index (χ1) is 10.5. The molecule has 1 aliphatic heterocycles. The van der Waals surface area contributed by atoms with E-state index in [4.69, 9.17) is 17.3 Å². The molecule has 0 radical (unpaired) electrons. The summed E-state index contributed by atoms with van der Waals surface area (Å²) in [6.45, 7) is 2.41. The molecule has 1 fully saturated rings. The first-order valence-electron chi connectivity index (χ1n) is 7.57. The molecule has 0 saturated carbocycles. The molecule has 1 saturated heterocycles. The van der Waals surface area contributed by atoms with Crippen LogP contribution in [0.2, 0.25) is 5.02 Å². The van der Waals surface area contributed by atoms with Gasteiger partial charge in [-0.2, -0.15) is 0 Å². The lowest BCUT2D eigenvalue weighted by Gasteiger charge is -2.30. The molecule has 6 heteroatoms. The Morgan fingerprint density at radius 2 is 1.86 bits per heavy atom. The van der Waals surface area contributed by atoms with Crippen LogP contribution in [-0.4, -0.2) is 42.9 Å². The van der Waals surface area contributed by atoms with Crippen molar-refractivity contribution in [3.8, 4) is 0 Å². The predicted molar refractivity (Wildman–Crippen MR) is 86.5 cm³/mol. The average Bonchev–Trinajstić information content (AvgIpc) is 2.49. The van der Waals surface area contributed by atoms with E-state index < -0.39 is 0 Å². The van der Waals surface area contributed by atoms with Crippen molar-refractivity contribution in [3.63, 3.8) is 0 Å². The van der Waals surface area contributed by atoms with Gasteiger partial charge in [0.1, 0.15) is 0 Å². The maximum Gasteiger partial charge on any atom is 0.231 e. The molecule has 0 bridgehead atoms. The van der Waals surface area contributed by atoms with Gasteiger partial charge in [-0.3, -0.25) is 14.5 Å². The molecular formula is C16H22ClN3O2. The fraction of sp³-hybridized carbons (Fsp3) is 0.500. The van der Waals surface area contributed by atoms with Crippen LogP contribution in [-0.2, 0) is 16.0 Å². The molecular weight excluding hydrogens is 302 g/mol. The fourth-order valence-electron chi connectivity index (χ4n) is 2.70. The number of rotatable bonds is 6. The topological polar surface area (TPSA) is 75.4 Å². The molecule has 0 unspecified atom stereocenters. The Labute approximate surface area is 135 Å². The van der Waals surface area contributed by atoms with E-state index in [9.17, 15) is 9.59 Å². The zero-order valence-electron chi connectivity index (χ0n) is 12.6. The Balaban J connectivity index is 1.68. The molecule has 5 nitrogen and oxygen atoms in total. The molecule has 22 heavy (non-hydrogen) atoms. The second kappa shape index (κ2) is 8.15. The van der Waals surface area contributed by atoms with Gasteiger partial charge in [0, 0.05) is 17.5 Å². The summed E-state index contributed by atoms with van der Waals surface area (Å²) in [5, 5.41) is 3.71. The first kappa shape index (κ1) is 16.8. The molecule has 120 valence electrons. The van der Waals surface area contributed by atoms with E-state index in [2.05, 4.69) is 5.32 Å². The number of piperidine rings is 1. The number of halogens is 1. The third kappa shape index (κ3) is 5.31. The van der Waals surface area contributed by atoms with Crippen LogP contribution in [0.5, 0.6) is 0 Å². The van der Waals surface area contributed by atoms with Crippen LogP contribution in [0.1, 0.15) is 18.4 Å². The van der Waals surface area contributed by atoms with Gasteiger partial charge in [-0.25, -0.2) is 0 Å². The van der Waals surface area contributed by atoms with Crippen LogP contribution in [0.4, 0.5) is 0 Å². The number of carbonyl (C=O) groups excluding carboxylic acids is 2. The Morgan fingerprint density at radius 3 is 2.45 bits per heavy atom. The summed E-state index contributed by atoms with van der Waals surface area (Å²) in [5.41, 5.74) is 6.33. The Kier molecular flexibility index (Phi) is 6.21. The zero-order chi connectivity index (χ0) is 15.9. The summed E-state index contributed by atoms with van der Waals surface area (Å²) in [6, 6.07) is 7.65. The van der Waals surface area contributed by atoms with Crippen molar-refractivity contribution < 1.29 is 9.59 Å². The van der Waals surface area contributed by atoms with Crippen LogP contribution in [0.15, 0.2) is 24.3 Å². The number of hydrogen-bond donors (Lipinski definition) is 2. The lowest BCUT2D eigenvalue weighted by molar-refractivity contribution is -0.126. The number of likely N-dealkylation sites (tertiary alicyclic amines) is 1. The standard InChI is InChI=1S/C16H22ClN3O2/c17-14-3-1-12(2-4-14)5-8-19-16(22)13-6-9-20(10-7-13)11-15(18)21/h1-4,13H,5-11H2,(H2,18,21)(H,19,22). The number of amides is 2. The molecule has 1 heterocycles. The minimum atomic E-state index is -0.314. The molecule has 1 aromatic rings. The van der Waals surface area contributed by atoms with Gasteiger partial charge in [0.05, 0.1) is 6.54 Å². The quantitative estimate of drug-likeness (QED) is 0.826. The maximum absolute atomic E-state index is 12.1. The van der Waals surface area contributed by atoms with Crippen molar-refractivity contribution in [1.29, 1.82) is 0 Å². The van der Waals surface area contributed by atoms with Gasteiger partial charge in [-0.15, -0.1) is 0 Å². The normalized spacial score (nSPS) is 16.4. The third-order valence-corrected chi connectivity index (χ3v) is 4.22. The molecule has 3 N–H and O–H groups in total. The van der Waals surface area contributed by atoms with Crippen molar-refractivity contribution in [3.05, 3.63) is 34.9 Å². The van der Waals surface area contributed by atoms with Crippen LogP contribution in [0.3, 0.4) is 0 Å². The number of benzene rings is 1. The van der Waals surface area contributed by atoms with Crippen molar-refractivity contribution >= 4 is 23.4 Å². The van der Waals surface area contributed by atoms with Gasteiger partial charge < -0.3 is 11.1 Å².